The molecule has 1 aromatic carbocycles. The lowest BCUT2D eigenvalue weighted by Gasteiger charge is -2.10. The number of nitrogens with one attached hydrogen (secondary N) is 2. The molecule has 0 atom stereocenters. The maximum absolute atomic E-state index is 10.7. The third-order valence-corrected chi connectivity index (χ3v) is 3.78. The van der Waals surface area contributed by atoms with Crippen LogP contribution in [0.2, 0.25) is 0 Å². The van der Waals surface area contributed by atoms with Gasteiger partial charge < -0.3 is 25.2 Å². The quantitative estimate of drug-likeness (QED) is 0.742. The third-order valence-electron chi connectivity index (χ3n) is 3.78. The number of aliphatic carboxylic acids is 1. The number of rotatable bonds is 6. The first kappa shape index (κ1) is 14.6. The maximum atomic E-state index is 10.7. The molecule has 2 heterocycles. The number of ether oxygens (including phenoxy) is 2. The third kappa shape index (κ3) is 3.17. The lowest BCUT2D eigenvalue weighted by atomic mass is 10.2. The van der Waals surface area contributed by atoms with Crippen molar-refractivity contribution in [2.75, 3.05) is 24.0 Å². The summed E-state index contributed by atoms with van der Waals surface area (Å²) in [5, 5.41) is 14.7. The van der Waals surface area contributed by atoms with Crippen LogP contribution in [0.4, 0.5) is 17.5 Å². The fourth-order valence-corrected chi connectivity index (χ4v) is 2.47. The lowest BCUT2D eigenvalue weighted by Crippen LogP contribution is -2.15. The normalized spacial score (nSPS) is 15.2. The van der Waals surface area contributed by atoms with E-state index in [0.717, 1.165) is 24.2 Å². The van der Waals surface area contributed by atoms with Crippen LogP contribution in [-0.2, 0) is 4.79 Å². The predicted octanol–water partition coefficient (Wildman–Crippen LogP) is 2.32. The van der Waals surface area contributed by atoms with Gasteiger partial charge in [0.15, 0.2) is 11.5 Å². The monoisotopic (exact) mass is 328 g/mol. The SMILES string of the molecule is O=C(O)CNc1nc(Nc2ccc3c(c2)OCO3)cc(C2CC2)n1. The van der Waals surface area contributed by atoms with Crippen LogP contribution in [0, 0.1) is 0 Å². The Morgan fingerprint density at radius 2 is 2.04 bits per heavy atom. The molecule has 1 aliphatic heterocycles. The Morgan fingerprint density at radius 1 is 1.21 bits per heavy atom. The minimum atomic E-state index is -0.958. The summed E-state index contributed by atoms with van der Waals surface area (Å²) in [4.78, 5) is 19.5. The molecule has 0 unspecified atom stereocenters. The van der Waals surface area contributed by atoms with Gasteiger partial charge >= 0.3 is 5.97 Å². The van der Waals surface area contributed by atoms with E-state index in [1.165, 1.54) is 0 Å². The van der Waals surface area contributed by atoms with Gasteiger partial charge in [0.05, 0.1) is 5.69 Å². The minimum Gasteiger partial charge on any atom is -0.480 e. The van der Waals surface area contributed by atoms with E-state index in [0.29, 0.717) is 29.2 Å². The van der Waals surface area contributed by atoms with Crippen LogP contribution in [0.1, 0.15) is 24.5 Å². The van der Waals surface area contributed by atoms with Crippen molar-refractivity contribution in [1.82, 2.24) is 9.97 Å². The summed E-state index contributed by atoms with van der Waals surface area (Å²) in [7, 11) is 0. The van der Waals surface area contributed by atoms with Crippen LogP contribution in [0.25, 0.3) is 0 Å². The number of benzene rings is 1. The van der Waals surface area contributed by atoms with Crippen molar-refractivity contribution in [2.24, 2.45) is 0 Å². The van der Waals surface area contributed by atoms with Crippen LogP contribution in [-0.4, -0.2) is 34.4 Å². The van der Waals surface area contributed by atoms with Gasteiger partial charge in [-0.3, -0.25) is 4.79 Å². The van der Waals surface area contributed by atoms with Crippen molar-refractivity contribution >= 4 is 23.4 Å². The zero-order chi connectivity index (χ0) is 16.5. The Bertz CT molecular complexity index is 792. The number of aromatic nitrogens is 2. The Hall–Kier alpha value is -3.03. The van der Waals surface area contributed by atoms with Crippen molar-refractivity contribution in [3.05, 3.63) is 30.0 Å². The lowest BCUT2D eigenvalue weighted by molar-refractivity contribution is -0.134. The van der Waals surface area contributed by atoms with Gasteiger partial charge in [-0.2, -0.15) is 4.98 Å². The van der Waals surface area contributed by atoms with Crippen molar-refractivity contribution < 1.29 is 19.4 Å². The van der Waals surface area contributed by atoms with Crippen LogP contribution in [0.5, 0.6) is 11.5 Å². The largest absolute Gasteiger partial charge is 0.480 e. The van der Waals surface area contributed by atoms with Gasteiger partial charge in [-0.15, -0.1) is 0 Å². The smallest absolute Gasteiger partial charge is 0.322 e. The molecular weight excluding hydrogens is 312 g/mol. The molecule has 8 nitrogen and oxygen atoms in total. The summed E-state index contributed by atoms with van der Waals surface area (Å²) in [5.41, 5.74) is 1.73. The van der Waals surface area contributed by atoms with Crippen molar-refractivity contribution in [3.8, 4) is 11.5 Å². The average Bonchev–Trinajstić information content (AvgIpc) is 3.31. The molecular formula is C16H16N4O4. The molecule has 4 rings (SSSR count). The van der Waals surface area contributed by atoms with E-state index in [1.807, 2.05) is 24.3 Å². The van der Waals surface area contributed by atoms with Crippen LogP contribution in [0.15, 0.2) is 24.3 Å². The van der Waals surface area contributed by atoms with E-state index < -0.39 is 5.97 Å². The van der Waals surface area contributed by atoms with Gasteiger partial charge in [0.1, 0.15) is 12.4 Å². The molecule has 1 aromatic heterocycles. The minimum absolute atomic E-state index is 0.224. The molecule has 24 heavy (non-hydrogen) atoms. The number of carboxylic acids is 1. The van der Waals surface area contributed by atoms with Crippen molar-refractivity contribution in [2.45, 2.75) is 18.8 Å². The molecule has 0 bridgehead atoms. The maximum Gasteiger partial charge on any atom is 0.322 e. The summed E-state index contributed by atoms with van der Waals surface area (Å²) in [6, 6.07) is 7.44. The van der Waals surface area contributed by atoms with E-state index in [4.69, 9.17) is 14.6 Å². The van der Waals surface area contributed by atoms with E-state index in [-0.39, 0.29) is 13.3 Å². The van der Waals surface area contributed by atoms with Gasteiger partial charge in [-0.1, -0.05) is 0 Å². The number of carboxylic acid groups (broad SMARTS) is 1. The molecule has 124 valence electrons. The summed E-state index contributed by atoms with van der Waals surface area (Å²) in [6.07, 6.45) is 2.19. The fourth-order valence-electron chi connectivity index (χ4n) is 2.47. The Labute approximate surface area is 137 Å². The summed E-state index contributed by atoms with van der Waals surface area (Å²) in [5.74, 6) is 1.78. The first-order chi connectivity index (χ1) is 11.7. The van der Waals surface area contributed by atoms with E-state index in [1.54, 1.807) is 0 Å². The molecule has 0 spiro atoms. The molecule has 1 fully saturated rings. The molecule has 8 heteroatoms. The summed E-state index contributed by atoms with van der Waals surface area (Å²) >= 11 is 0. The highest BCUT2D eigenvalue weighted by Crippen LogP contribution is 2.40. The van der Waals surface area contributed by atoms with Gasteiger partial charge in [-0.05, 0) is 25.0 Å². The summed E-state index contributed by atoms with van der Waals surface area (Å²) in [6.45, 7) is -0.00103. The van der Waals surface area contributed by atoms with Crippen LogP contribution in [0.3, 0.4) is 0 Å². The van der Waals surface area contributed by atoms with Gasteiger partial charge in [0.2, 0.25) is 12.7 Å². The van der Waals surface area contributed by atoms with Crippen molar-refractivity contribution in [3.63, 3.8) is 0 Å². The molecule has 1 saturated carbocycles. The number of carbonyl (C=O) groups is 1. The second-order valence-corrected chi connectivity index (χ2v) is 5.72. The Kier molecular flexibility index (Phi) is 3.56. The predicted molar refractivity (Wildman–Crippen MR) is 86.0 cm³/mol. The van der Waals surface area contributed by atoms with Crippen molar-refractivity contribution in [1.29, 1.82) is 0 Å². The Balaban J connectivity index is 1.58. The van der Waals surface area contributed by atoms with E-state index in [2.05, 4.69) is 20.6 Å². The zero-order valence-electron chi connectivity index (χ0n) is 12.8. The first-order valence-corrected chi connectivity index (χ1v) is 7.69. The number of nitrogens with zero attached hydrogens (tertiary/aromatic N) is 2. The standard InChI is InChI=1S/C16H16N4O4/c21-15(22)7-17-16-19-11(9-1-2-9)6-14(20-16)18-10-3-4-12-13(5-10)24-8-23-12/h3-6,9H,1-2,7-8H2,(H,21,22)(H2,17,18,19,20). The number of anilines is 3. The highest BCUT2D eigenvalue weighted by atomic mass is 16.7. The molecule has 2 aliphatic rings. The van der Waals surface area contributed by atoms with E-state index >= 15 is 0 Å². The average molecular weight is 328 g/mol. The molecule has 0 radical (unpaired) electrons. The van der Waals surface area contributed by atoms with Crippen LogP contribution < -0.4 is 20.1 Å². The highest BCUT2D eigenvalue weighted by Gasteiger charge is 2.26. The number of hydrogen-bond acceptors (Lipinski definition) is 7. The second kappa shape index (κ2) is 5.88. The van der Waals surface area contributed by atoms with Gasteiger partial charge in [0.25, 0.3) is 0 Å². The zero-order valence-corrected chi connectivity index (χ0v) is 12.8. The highest BCUT2D eigenvalue weighted by molar-refractivity contribution is 5.72. The molecule has 0 saturated heterocycles. The van der Waals surface area contributed by atoms with Gasteiger partial charge in [0, 0.05) is 23.7 Å². The van der Waals surface area contributed by atoms with Gasteiger partial charge in [-0.25, -0.2) is 4.98 Å². The molecule has 2 aromatic rings. The van der Waals surface area contributed by atoms with E-state index in [9.17, 15) is 4.79 Å². The molecule has 1 aliphatic carbocycles. The Morgan fingerprint density at radius 3 is 2.83 bits per heavy atom. The topological polar surface area (TPSA) is 106 Å². The molecule has 0 amide bonds. The van der Waals surface area contributed by atoms with Crippen LogP contribution >= 0.6 is 0 Å². The first-order valence-electron chi connectivity index (χ1n) is 7.69. The molecule has 3 N–H and O–H groups in total. The fraction of sp³-hybridized carbons (Fsp3) is 0.312. The second-order valence-electron chi connectivity index (χ2n) is 5.72. The number of hydrogen-bond donors (Lipinski definition) is 3. The summed E-state index contributed by atoms with van der Waals surface area (Å²) < 4.78 is 10.7. The number of fused-ring (bicyclic) bond motifs is 1.